The number of fused-ring (bicyclic) bond motifs is 1. The van der Waals surface area contributed by atoms with Crippen LogP contribution in [0.4, 0.5) is 0 Å². The van der Waals surface area contributed by atoms with Crippen molar-refractivity contribution in [1.29, 1.82) is 0 Å². The van der Waals surface area contributed by atoms with Crippen LogP contribution < -0.4 is 10.6 Å². The highest BCUT2D eigenvalue weighted by molar-refractivity contribution is 6.09. The molecule has 24 heavy (non-hydrogen) atoms. The van der Waals surface area contributed by atoms with Gasteiger partial charge in [0.25, 0.3) is 0 Å². The molecule has 0 radical (unpaired) electrons. The first kappa shape index (κ1) is 16.4. The minimum Gasteiger partial charge on any atom is -0.480 e. The fourth-order valence-corrected chi connectivity index (χ4v) is 3.83. The third-order valence-corrected chi connectivity index (χ3v) is 5.03. The van der Waals surface area contributed by atoms with E-state index in [0.29, 0.717) is 0 Å². The van der Waals surface area contributed by atoms with Gasteiger partial charge in [0.15, 0.2) is 0 Å². The maximum absolute atomic E-state index is 12.3. The van der Waals surface area contributed by atoms with E-state index in [9.17, 15) is 19.5 Å². The molecule has 0 aromatic heterocycles. The Kier molecular flexibility index (Phi) is 4.01. The third kappa shape index (κ3) is 2.34. The van der Waals surface area contributed by atoms with Crippen LogP contribution in [0, 0.1) is 17.8 Å². The quantitative estimate of drug-likeness (QED) is 0.718. The van der Waals surface area contributed by atoms with Crippen molar-refractivity contribution in [3.63, 3.8) is 0 Å². The van der Waals surface area contributed by atoms with Crippen LogP contribution in [0.15, 0.2) is 36.4 Å². The van der Waals surface area contributed by atoms with Crippen LogP contribution in [0.2, 0.25) is 0 Å². The summed E-state index contributed by atoms with van der Waals surface area (Å²) in [7, 11) is 0. The van der Waals surface area contributed by atoms with Crippen molar-refractivity contribution in [2.24, 2.45) is 17.8 Å². The fourth-order valence-electron chi connectivity index (χ4n) is 3.83. The van der Waals surface area contributed by atoms with Crippen molar-refractivity contribution < 1.29 is 19.5 Å². The maximum atomic E-state index is 12.3. The molecule has 2 aliphatic heterocycles. The van der Waals surface area contributed by atoms with Gasteiger partial charge in [-0.25, -0.2) is 0 Å². The van der Waals surface area contributed by atoms with Gasteiger partial charge in [0.2, 0.25) is 11.8 Å². The highest BCUT2D eigenvalue weighted by Gasteiger charge is 2.66. The first-order chi connectivity index (χ1) is 11.4. The summed E-state index contributed by atoms with van der Waals surface area (Å²) in [5, 5.41) is 15.2. The molecule has 6 nitrogen and oxygen atoms in total. The Bertz CT molecular complexity index is 713. The molecule has 3 rings (SSSR count). The SMILES string of the molecule is CC(C)C1(C(=O)O)NC(C=Cc2ccccc2)C2C(=O)NC(=O)C21. The monoisotopic (exact) mass is 328 g/mol. The standard InChI is InChI=1S/C18H20N2O4/c1-10(2)18(17(23)24)14-13(15(21)19-16(14)22)12(20-18)9-8-11-6-4-3-5-7-11/h3-10,12-14,20H,1-2H3,(H,23,24)(H,19,21,22). The van der Waals surface area contributed by atoms with E-state index in [1.54, 1.807) is 19.9 Å². The molecule has 0 bridgehead atoms. The van der Waals surface area contributed by atoms with Crippen LogP contribution in [-0.4, -0.2) is 34.5 Å². The van der Waals surface area contributed by atoms with Crippen molar-refractivity contribution in [2.75, 3.05) is 0 Å². The number of carbonyl (C=O) groups excluding carboxylic acids is 2. The predicted molar refractivity (Wildman–Crippen MR) is 87.7 cm³/mol. The van der Waals surface area contributed by atoms with Crippen molar-refractivity contribution in [2.45, 2.75) is 25.4 Å². The summed E-state index contributed by atoms with van der Waals surface area (Å²) in [5.74, 6) is -4.00. The molecule has 1 aromatic rings. The van der Waals surface area contributed by atoms with Gasteiger partial charge in [0, 0.05) is 6.04 Å². The molecule has 2 fully saturated rings. The number of aliphatic carboxylic acids is 1. The smallest absolute Gasteiger partial charge is 0.325 e. The zero-order chi connectivity index (χ0) is 17.5. The summed E-state index contributed by atoms with van der Waals surface area (Å²) in [6.07, 6.45) is 3.61. The van der Waals surface area contributed by atoms with Crippen molar-refractivity contribution in [3.05, 3.63) is 42.0 Å². The lowest BCUT2D eigenvalue weighted by Crippen LogP contribution is -2.59. The average molecular weight is 328 g/mol. The average Bonchev–Trinajstić information content (AvgIpc) is 3.04. The number of carboxylic acid groups (broad SMARTS) is 1. The van der Waals surface area contributed by atoms with Crippen LogP contribution >= 0.6 is 0 Å². The fraction of sp³-hybridized carbons (Fsp3) is 0.389. The number of amides is 2. The van der Waals surface area contributed by atoms with Crippen LogP contribution in [0.5, 0.6) is 0 Å². The van der Waals surface area contributed by atoms with E-state index in [1.165, 1.54) is 0 Å². The number of hydrogen-bond donors (Lipinski definition) is 3. The second kappa shape index (κ2) is 5.87. The topological polar surface area (TPSA) is 95.5 Å². The number of imide groups is 1. The van der Waals surface area contributed by atoms with Crippen molar-refractivity contribution >= 4 is 23.9 Å². The molecular formula is C18H20N2O4. The van der Waals surface area contributed by atoms with E-state index >= 15 is 0 Å². The molecule has 2 saturated heterocycles. The number of nitrogens with one attached hydrogen (secondary N) is 2. The van der Waals surface area contributed by atoms with Gasteiger partial charge >= 0.3 is 5.97 Å². The van der Waals surface area contributed by atoms with Crippen LogP contribution in [0.25, 0.3) is 6.08 Å². The van der Waals surface area contributed by atoms with E-state index < -0.39 is 41.2 Å². The molecule has 0 spiro atoms. The zero-order valence-corrected chi connectivity index (χ0v) is 13.5. The van der Waals surface area contributed by atoms with Gasteiger partial charge in [-0.1, -0.05) is 56.3 Å². The minimum absolute atomic E-state index is 0.353. The van der Waals surface area contributed by atoms with E-state index in [2.05, 4.69) is 10.6 Å². The molecule has 3 N–H and O–H groups in total. The summed E-state index contributed by atoms with van der Waals surface area (Å²) in [6, 6.07) is 9.00. The summed E-state index contributed by atoms with van der Waals surface area (Å²) in [6.45, 7) is 3.50. The van der Waals surface area contributed by atoms with Crippen molar-refractivity contribution in [3.8, 4) is 0 Å². The first-order valence-corrected chi connectivity index (χ1v) is 7.97. The molecule has 126 valence electrons. The Labute approximate surface area is 139 Å². The Balaban J connectivity index is 2.00. The van der Waals surface area contributed by atoms with Gasteiger partial charge in [-0.2, -0.15) is 0 Å². The molecule has 6 heteroatoms. The normalized spacial score (nSPS) is 32.4. The number of hydrogen-bond acceptors (Lipinski definition) is 4. The second-order valence-electron chi connectivity index (χ2n) is 6.63. The number of carboxylic acids is 1. The minimum atomic E-state index is -1.45. The summed E-state index contributed by atoms with van der Waals surface area (Å²) < 4.78 is 0. The lowest BCUT2D eigenvalue weighted by Gasteiger charge is -2.33. The highest BCUT2D eigenvalue weighted by atomic mass is 16.4. The van der Waals surface area contributed by atoms with Gasteiger partial charge in [-0.3, -0.25) is 25.0 Å². The Morgan fingerprint density at radius 2 is 1.88 bits per heavy atom. The Morgan fingerprint density at radius 3 is 2.46 bits per heavy atom. The van der Waals surface area contributed by atoms with Gasteiger partial charge in [-0.15, -0.1) is 0 Å². The lowest BCUT2D eigenvalue weighted by molar-refractivity contribution is -0.151. The summed E-state index contributed by atoms with van der Waals surface area (Å²) in [5.41, 5.74) is -0.509. The second-order valence-corrected chi connectivity index (χ2v) is 6.63. The maximum Gasteiger partial charge on any atom is 0.325 e. The molecule has 1 aromatic carbocycles. The van der Waals surface area contributed by atoms with Gasteiger partial charge in [0.1, 0.15) is 5.54 Å². The number of carbonyl (C=O) groups is 3. The summed E-state index contributed by atoms with van der Waals surface area (Å²) in [4.78, 5) is 36.5. The molecular weight excluding hydrogens is 308 g/mol. The van der Waals surface area contributed by atoms with Crippen molar-refractivity contribution in [1.82, 2.24) is 10.6 Å². The number of rotatable bonds is 4. The van der Waals surface area contributed by atoms with E-state index in [0.717, 1.165) is 5.56 Å². The molecule has 2 heterocycles. The largest absolute Gasteiger partial charge is 0.480 e. The summed E-state index contributed by atoms with van der Waals surface area (Å²) >= 11 is 0. The van der Waals surface area contributed by atoms with Gasteiger partial charge in [-0.05, 0) is 11.5 Å². The molecule has 2 aliphatic rings. The molecule has 0 saturated carbocycles. The number of benzene rings is 1. The Hall–Kier alpha value is -2.47. The van der Waals surface area contributed by atoms with Crippen LogP contribution in [0.3, 0.4) is 0 Å². The predicted octanol–water partition coefficient (Wildman–Crippen LogP) is 1.04. The van der Waals surface area contributed by atoms with Crippen LogP contribution in [-0.2, 0) is 14.4 Å². The third-order valence-electron chi connectivity index (χ3n) is 5.03. The molecule has 4 atom stereocenters. The van der Waals surface area contributed by atoms with Gasteiger partial charge in [0.05, 0.1) is 11.8 Å². The molecule has 4 unspecified atom stereocenters. The highest BCUT2D eigenvalue weighted by Crippen LogP contribution is 2.44. The molecule has 0 aliphatic carbocycles. The van der Waals surface area contributed by atoms with E-state index in [-0.39, 0.29) is 5.92 Å². The van der Waals surface area contributed by atoms with Crippen LogP contribution in [0.1, 0.15) is 19.4 Å². The lowest BCUT2D eigenvalue weighted by atomic mass is 9.73. The Morgan fingerprint density at radius 1 is 1.21 bits per heavy atom. The molecule has 2 amide bonds. The van der Waals surface area contributed by atoms with E-state index in [4.69, 9.17) is 0 Å². The van der Waals surface area contributed by atoms with Gasteiger partial charge < -0.3 is 5.11 Å². The zero-order valence-electron chi connectivity index (χ0n) is 13.5. The van der Waals surface area contributed by atoms with E-state index in [1.807, 2.05) is 36.4 Å². The first-order valence-electron chi connectivity index (χ1n) is 7.97.